The van der Waals surface area contributed by atoms with E-state index >= 15 is 0 Å². The van der Waals surface area contributed by atoms with Gasteiger partial charge in [-0.05, 0) is 41.5 Å². The first-order valence-corrected chi connectivity index (χ1v) is 6.33. The molecule has 0 aliphatic rings. The highest BCUT2D eigenvalue weighted by Gasteiger charge is 2.20. The Morgan fingerprint density at radius 1 is 0.952 bits per heavy atom. The molecule has 0 saturated heterocycles. The van der Waals surface area contributed by atoms with E-state index < -0.39 is 31.6 Å². The van der Waals surface area contributed by atoms with Crippen LogP contribution in [-0.4, -0.2) is 58.2 Å². The van der Waals surface area contributed by atoms with Crippen molar-refractivity contribution >= 4 is 12.3 Å². The van der Waals surface area contributed by atoms with Gasteiger partial charge >= 0.3 is 12.3 Å². The predicted molar refractivity (Wildman–Crippen MR) is 74.6 cm³/mol. The van der Waals surface area contributed by atoms with Crippen LogP contribution in [0.4, 0.5) is 9.59 Å². The third-order valence-electron chi connectivity index (χ3n) is 1.48. The van der Waals surface area contributed by atoms with Gasteiger partial charge in [-0.15, -0.1) is 0 Å². The second-order valence-corrected chi connectivity index (χ2v) is 6.09. The SMILES string of the molecule is CC(C)(C)OC(C)(C)C.O=C(O)OCC(CO)OC(=O)O. The van der Waals surface area contributed by atoms with Gasteiger partial charge in [0, 0.05) is 0 Å². The Balaban J connectivity index is 0. The molecule has 0 radical (unpaired) electrons. The lowest BCUT2D eigenvalue weighted by molar-refractivity contribution is -0.102. The second-order valence-electron chi connectivity index (χ2n) is 6.09. The number of aliphatic hydroxyl groups is 1. The van der Waals surface area contributed by atoms with Crippen LogP contribution in [0, 0.1) is 0 Å². The molecular formula is C13H26O8. The Labute approximate surface area is 124 Å². The van der Waals surface area contributed by atoms with Crippen molar-refractivity contribution in [1.82, 2.24) is 0 Å². The van der Waals surface area contributed by atoms with Crippen molar-refractivity contribution in [2.75, 3.05) is 13.2 Å². The number of ether oxygens (including phenoxy) is 3. The molecule has 0 saturated carbocycles. The maximum absolute atomic E-state index is 9.88. The number of hydrogen-bond acceptors (Lipinski definition) is 6. The monoisotopic (exact) mass is 310 g/mol. The number of carboxylic acid groups (broad SMARTS) is 2. The van der Waals surface area contributed by atoms with E-state index in [9.17, 15) is 9.59 Å². The largest absolute Gasteiger partial charge is 0.506 e. The summed E-state index contributed by atoms with van der Waals surface area (Å²) >= 11 is 0. The van der Waals surface area contributed by atoms with E-state index in [4.69, 9.17) is 20.1 Å². The van der Waals surface area contributed by atoms with Gasteiger partial charge in [0.25, 0.3) is 0 Å². The smallest absolute Gasteiger partial charge is 0.450 e. The Morgan fingerprint density at radius 3 is 1.57 bits per heavy atom. The highest BCUT2D eigenvalue weighted by Crippen LogP contribution is 2.17. The van der Waals surface area contributed by atoms with E-state index in [0.29, 0.717) is 0 Å². The summed E-state index contributed by atoms with van der Waals surface area (Å²) in [6.07, 6.45) is -4.32. The van der Waals surface area contributed by atoms with Gasteiger partial charge in [0.15, 0.2) is 6.10 Å². The van der Waals surface area contributed by atoms with Gasteiger partial charge in [0.1, 0.15) is 6.61 Å². The molecule has 8 nitrogen and oxygen atoms in total. The molecule has 0 heterocycles. The van der Waals surface area contributed by atoms with Crippen LogP contribution in [0.3, 0.4) is 0 Å². The number of hydrogen-bond donors (Lipinski definition) is 3. The van der Waals surface area contributed by atoms with Gasteiger partial charge in [-0.2, -0.15) is 0 Å². The van der Waals surface area contributed by atoms with Crippen molar-refractivity contribution in [3.63, 3.8) is 0 Å². The lowest BCUT2D eigenvalue weighted by Crippen LogP contribution is -2.31. The topological polar surface area (TPSA) is 123 Å². The molecule has 8 heteroatoms. The molecule has 0 spiro atoms. The van der Waals surface area contributed by atoms with Gasteiger partial charge in [-0.3, -0.25) is 0 Å². The lowest BCUT2D eigenvalue weighted by Gasteiger charge is -2.30. The summed E-state index contributed by atoms with van der Waals surface area (Å²) in [6.45, 7) is 11.3. The molecule has 1 atom stereocenters. The molecule has 0 aromatic carbocycles. The normalized spacial score (nSPS) is 12.7. The summed E-state index contributed by atoms with van der Waals surface area (Å²) in [5.41, 5.74) is -0.0312. The van der Waals surface area contributed by atoms with Crippen molar-refractivity contribution in [3.05, 3.63) is 0 Å². The van der Waals surface area contributed by atoms with E-state index in [1.807, 2.05) is 0 Å². The minimum Gasteiger partial charge on any atom is -0.450 e. The van der Waals surface area contributed by atoms with Crippen molar-refractivity contribution < 1.29 is 39.1 Å². The first kappa shape index (κ1) is 21.8. The van der Waals surface area contributed by atoms with Crippen molar-refractivity contribution in [1.29, 1.82) is 0 Å². The van der Waals surface area contributed by atoms with E-state index in [1.165, 1.54) is 0 Å². The molecule has 0 amide bonds. The Kier molecular flexibility index (Phi) is 9.74. The Hall–Kier alpha value is -1.54. The summed E-state index contributed by atoms with van der Waals surface area (Å²) < 4.78 is 13.6. The molecule has 0 aromatic rings. The molecule has 0 fully saturated rings. The van der Waals surface area contributed by atoms with E-state index in [2.05, 4.69) is 51.0 Å². The Morgan fingerprint density at radius 2 is 1.38 bits per heavy atom. The maximum atomic E-state index is 9.88. The van der Waals surface area contributed by atoms with Crippen LogP contribution in [0.15, 0.2) is 0 Å². The summed E-state index contributed by atoms with van der Waals surface area (Å²) in [7, 11) is 0. The second kappa shape index (κ2) is 9.41. The molecule has 21 heavy (non-hydrogen) atoms. The maximum Gasteiger partial charge on any atom is 0.506 e. The zero-order valence-corrected chi connectivity index (χ0v) is 13.4. The molecular weight excluding hydrogens is 284 g/mol. The highest BCUT2D eigenvalue weighted by molar-refractivity contribution is 5.58. The first-order valence-electron chi connectivity index (χ1n) is 6.33. The van der Waals surface area contributed by atoms with Gasteiger partial charge in [-0.25, -0.2) is 9.59 Å². The number of carbonyl (C=O) groups is 2. The van der Waals surface area contributed by atoms with E-state index in [1.54, 1.807) is 0 Å². The fourth-order valence-corrected chi connectivity index (χ4v) is 1.35. The molecule has 0 aromatic heterocycles. The minimum atomic E-state index is -1.59. The van der Waals surface area contributed by atoms with Gasteiger partial charge in [-0.1, -0.05) is 0 Å². The fraction of sp³-hybridized carbons (Fsp3) is 0.846. The van der Waals surface area contributed by atoms with E-state index in [0.717, 1.165) is 0 Å². The summed E-state index contributed by atoms with van der Waals surface area (Å²) in [6, 6.07) is 0. The fourth-order valence-electron chi connectivity index (χ4n) is 1.35. The van der Waals surface area contributed by atoms with Crippen LogP contribution >= 0.6 is 0 Å². The number of aliphatic hydroxyl groups excluding tert-OH is 1. The lowest BCUT2D eigenvalue weighted by atomic mass is 10.1. The third-order valence-corrected chi connectivity index (χ3v) is 1.48. The van der Waals surface area contributed by atoms with Crippen LogP contribution in [0.25, 0.3) is 0 Å². The first-order chi connectivity index (χ1) is 9.26. The zero-order chi connectivity index (χ0) is 17.3. The third kappa shape index (κ3) is 20.9. The van der Waals surface area contributed by atoms with Gasteiger partial charge < -0.3 is 29.5 Å². The van der Waals surface area contributed by atoms with Crippen LogP contribution in [0.1, 0.15) is 41.5 Å². The number of rotatable bonds is 4. The summed E-state index contributed by atoms with van der Waals surface area (Å²) in [5.74, 6) is 0. The van der Waals surface area contributed by atoms with Gasteiger partial charge in [0.05, 0.1) is 17.8 Å². The van der Waals surface area contributed by atoms with E-state index in [-0.39, 0.29) is 11.2 Å². The molecule has 3 N–H and O–H groups in total. The van der Waals surface area contributed by atoms with Crippen LogP contribution in [-0.2, 0) is 14.2 Å². The summed E-state index contributed by atoms with van der Waals surface area (Å²) in [5, 5.41) is 24.5. The quantitative estimate of drug-likeness (QED) is 0.676. The molecule has 126 valence electrons. The molecule has 0 bridgehead atoms. The zero-order valence-electron chi connectivity index (χ0n) is 13.4. The molecule has 1 unspecified atom stereocenters. The Bertz CT molecular complexity index is 301. The van der Waals surface area contributed by atoms with Crippen LogP contribution in [0.5, 0.6) is 0 Å². The van der Waals surface area contributed by atoms with Crippen LogP contribution < -0.4 is 0 Å². The molecule has 0 aliphatic heterocycles. The molecule has 0 rings (SSSR count). The van der Waals surface area contributed by atoms with Crippen molar-refractivity contribution in [2.45, 2.75) is 58.8 Å². The average Bonchev–Trinajstić information content (AvgIpc) is 2.18. The average molecular weight is 310 g/mol. The standard InChI is InChI=1S/C8H18O.C5H8O7/c1-7(2,3)9-8(4,5)6;6-1-3(12-5(9)10)2-11-4(7)8/h1-6H3;3,6H,1-2H2,(H,7,8)(H,9,10). The molecule has 0 aliphatic carbocycles. The van der Waals surface area contributed by atoms with Crippen molar-refractivity contribution in [3.8, 4) is 0 Å². The predicted octanol–water partition coefficient (Wildman–Crippen LogP) is 2.34. The van der Waals surface area contributed by atoms with Gasteiger partial charge in [0.2, 0.25) is 0 Å². The van der Waals surface area contributed by atoms with Crippen molar-refractivity contribution in [2.24, 2.45) is 0 Å². The minimum absolute atomic E-state index is 0.0156. The van der Waals surface area contributed by atoms with Crippen LogP contribution in [0.2, 0.25) is 0 Å². The summed E-state index contributed by atoms with van der Waals surface area (Å²) in [4.78, 5) is 19.7. The highest BCUT2D eigenvalue weighted by atomic mass is 16.7.